The summed E-state index contributed by atoms with van der Waals surface area (Å²) in [5.74, 6) is 2.31. The van der Waals surface area contributed by atoms with Crippen LogP contribution in [0, 0.1) is 0 Å². The van der Waals surface area contributed by atoms with Crippen LogP contribution in [-0.2, 0) is 0 Å². The minimum atomic E-state index is -0.821. The Bertz CT molecular complexity index is 873. The van der Waals surface area contributed by atoms with Gasteiger partial charge in [-0.15, -0.1) is 5.10 Å². The molecule has 1 unspecified atom stereocenters. The van der Waals surface area contributed by atoms with Crippen LogP contribution in [0.25, 0.3) is 5.82 Å². The molecule has 3 aromatic rings. The maximum Gasteiger partial charge on any atom is 0.157 e. The quantitative estimate of drug-likeness (QED) is 0.760. The molecule has 0 saturated heterocycles. The lowest BCUT2D eigenvalue weighted by atomic mass is 10.1. The Morgan fingerprint density at radius 2 is 2.04 bits per heavy atom. The van der Waals surface area contributed by atoms with E-state index in [4.69, 9.17) is 0 Å². The third-order valence-electron chi connectivity index (χ3n) is 5.22. The van der Waals surface area contributed by atoms with Crippen LogP contribution in [0.3, 0.4) is 0 Å². The first kappa shape index (κ1) is 15.2. The molecule has 130 valence electrons. The summed E-state index contributed by atoms with van der Waals surface area (Å²) in [7, 11) is 0. The van der Waals surface area contributed by atoms with Crippen LogP contribution in [0.4, 0.5) is 0 Å². The molecule has 8 heteroatoms. The summed E-state index contributed by atoms with van der Waals surface area (Å²) in [5.41, 5.74) is 1.35. The number of imidazole rings is 1. The Balaban J connectivity index is 1.45. The molecule has 2 aliphatic carbocycles. The van der Waals surface area contributed by atoms with Crippen LogP contribution in [0.1, 0.15) is 73.7 Å². The summed E-state index contributed by atoms with van der Waals surface area (Å²) >= 11 is 1.35. The molecule has 3 aromatic heterocycles. The highest BCUT2D eigenvalue weighted by Gasteiger charge is 2.30. The SMILES string of the molecule is OC(c1cn(C2CCCC2)nn1)c1csnc1-n1ccnc1C1CC1. The molecular formula is C17H20N6OS. The molecule has 0 amide bonds. The average molecular weight is 356 g/mol. The summed E-state index contributed by atoms with van der Waals surface area (Å²) in [6.45, 7) is 0. The second-order valence-corrected chi connectivity index (χ2v) is 7.62. The lowest BCUT2D eigenvalue weighted by Gasteiger charge is -2.11. The van der Waals surface area contributed by atoms with Crippen molar-refractivity contribution in [2.75, 3.05) is 0 Å². The number of aromatic nitrogens is 6. The van der Waals surface area contributed by atoms with Gasteiger partial charge >= 0.3 is 0 Å². The van der Waals surface area contributed by atoms with Crippen molar-refractivity contribution in [1.82, 2.24) is 28.9 Å². The molecule has 2 saturated carbocycles. The molecule has 0 spiro atoms. The summed E-state index contributed by atoms with van der Waals surface area (Å²) < 4.78 is 8.43. The Morgan fingerprint density at radius 1 is 1.20 bits per heavy atom. The largest absolute Gasteiger partial charge is 0.382 e. The molecule has 2 aliphatic rings. The predicted molar refractivity (Wildman–Crippen MR) is 92.8 cm³/mol. The van der Waals surface area contributed by atoms with Crippen molar-refractivity contribution in [3.63, 3.8) is 0 Å². The molecule has 2 fully saturated rings. The zero-order valence-electron chi connectivity index (χ0n) is 13.8. The average Bonchev–Trinajstić information content (AvgIpc) is 3.16. The number of rotatable bonds is 5. The molecular weight excluding hydrogens is 336 g/mol. The molecule has 0 aliphatic heterocycles. The van der Waals surface area contributed by atoms with Gasteiger partial charge < -0.3 is 5.11 Å². The van der Waals surface area contributed by atoms with Crippen LogP contribution in [-0.4, -0.2) is 34.0 Å². The fraction of sp³-hybridized carbons (Fsp3) is 0.529. The topological polar surface area (TPSA) is 81.6 Å². The first-order valence-electron chi connectivity index (χ1n) is 8.89. The highest BCUT2D eigenvalue weighted by Crippen LogP contribution is 2.40. The fourth-order valence-corrected chi connectivity index (χ4v) is 4.36. The van der Waals surface area contributed by atoms with Crippen molar-refractivity contribution < 1.29 is 5.11 Å². The van der Waals surface area contributed by atoms with Gasteiger partial charge in [0, 0.05) is 29.3 Å². The van der Waals surface area contributed by atoms with E-state index >= 15 is 0 Å². The molecule has 1 atom stereocenters. The number of nitrogens with zero attached hydrogens (tertiary/aromatic N) is 6. The van der Waals surface area contributed by atoms with E-state index < -0.39 is 6.10 Å². The molecule has 0 radical (unpaired) electrons. The normalized spacial score (nSPS) is 19.6. The monoisotopic (exact) mass is 356 g/mol. The lowest BCUT2D eigenvalue weighted by Crippen LogP contribution is -2.07. The maximum atomic E-state index is 10.9. The first-order valence-corrected chi connectivity index (χ1v) is 9.72. The van der Waals surface area contributed by atoms with Crippen LogP contribution in [0.15, 0.2) is 24.0 Å². The van der Waals surface area contributed by atoms with Crippen molar-refractivity contribution in [2.45, 2.75) is 56.6 Å². The van der Waals surface area contributed by atoms with E-state index in [0.29, 0.717) is 17.7 Å². The smallest absolute Gasteiger partial charge is 0.157 e. The number of aliphatic hydroxyl groups is 1. The van der Waals surface area contributed by atoms with Crippen LogP contribution < -0.4 is 0 Å². The van der Waals surface area contributed by atoms with E-state index in [1.54, 1.807) is 6.20 Å². The second kappa shape index (κ2) is 6.03. The van der Waals surface area contributed by atoms with Crippen LogP contribution in [0.2, 0.25) is 0 Å². The van der Waals surface area contributed by atoms with Crippen molar-refractivity contribution in [3.8, 4) is 5.82 Å². The molecule has 25 heavy (non-hydrogen) atoms. The molecule has 5 rings (SSSR count). The lowest BCUT2D eigenvalue weighted by molar-refractivity contribution is 0.215. The first-order chi connectivity index (χ1) is 12.3. The predicted octanol–water partition coefficient (Wildman–Crippen LogP) is 2.99. The molecule has 1 N–H and O–H groups in total. The number of hydrogen-bond donors (Lipinski definition) is 1. The van der Waals surface area contributed by atoms with E-state index in [0.717, 1.165) is 30.0 Å². The van der Waals surface area contributed by atoms with Crippen LogP contribution in [0.5, 0.6) is 0 Å². The number of aliphatic hydroxyl groups excluding tert-OH is 1. The summed E-state index contributed by atoms with van der Waals surface area (Å²) in [6.07, 6.45) is 11.9. The molecule has 0 bridgehead atoms. The van der Waals surface area contributed by atoms with Gasteiger partial charge in [0.05, 0.1) is 12.2 Å². The Hall–Kier alpha value is -2.06. The summed E-state index contributed by atoms with van der Waals surface area (Å²) in [6, 6.07) is 0.420. The third-order valence-corrected chi connectivity index (χ3v) is 5.86. The van der Waals surface area contributed by atoms with Gasteiger partial charge in [-0.25, -0.2) is 9.67 Å². The van der Waals surface area contributed by atoms with E-state index in [-0.39, 0.29) is 0 Å². The van der Waals surface area contributed by atoms with Gasteiger partial charge in [-0.05, 0) is 37.2 Å². The zero-order valence-corrected chi connectivity index (χ0v) is 14.6. The Labute approximate surface area is 149 Å². The van der Waals surface area contributed by atoms with Gasteiger partial charge in [0.15, 0.2) is 5.82 Å². The Kier molecular flexibility index (Phi) is 3.67. The maximum absolute atomic E-state index is 10.9. The van der Waals surface area contributed by atoms with Crippen molar-refractivity contribution in [3.05, 3.63) is 41.1 Å². The van der Waals surface area contributed by atoms with Crippen molar-refractivity contribution >= 4 is 11.5 Å². The minimum absolute atomic E-state index is 0.420. The molecule has 0 aromatic carbocycles. The van der Waals surface area contributed by atoms with E-state index in [2.05, 4.69) is 19.7 Å². The Morgan fingerprint density at radius 3 is 2.84 bits per heavy atom. The fourth-order valence-electron chi connectivity index (χ4n) is 3.67. The van der Waals surface area contributed by atoms with E-state index in [1.807, 2.05) is 27.0 Å². The van der Waals surface area contributed by atoms with Gasteiger partial charge in [-0.3, -0.25) is 4.57 Å². The van der Waals surface area contributed by atoms with Gasteiger partial charge in [-0.2, -0.15) is 4.37 Å². The molecule has 7 nitrogen and oxygen atoms in total. The van der Waals surface area contributed by atoms with Gasteiger partial charge in [0.2, 0.25) is 0 Å². The summed E-state index contributed by atoms with van der Waals surface area (Å²) in [4.78, 5) is 4.48. The third kappa shape index (κ3) is 2.69. The second-order valence-electron chi connectivity index (χ2n) is 6.99. The highest BCUT2D eigenvalue weighted by atomic mass is 32.1. The number of hydrogen-bond acceptors (Lipinski definition) is 6. The van der Waals surface area contributed by atoms with E-state index in [1.165, 1.54) is 37.2 Å². The standard InChI is InChI=1S/C17H20N6OS/c24-15(14-9-23(21-19-14)12-3-1-2-4-12)13-10-25-20-17(13)22-8-7-18-16(22)11-5-6-11/h7-12,15,24H,1-6H2. The minimum Gasteiger partial charge on any atom is -0.382 e. The van der Waals surface area contributed by atoms with Crippen LogP contribution >= 0.6 is 11.5 Å². The highest BCUT2D eigenvalue weighted by molar-refractivity contribution is 7.03. The van der Waals surface area contributed by atoms with E-state index in [9.17, 15) is 5.11 Å². The zero-order chi connectivity index (χ0) is 16.8. The van der Waals surface area contributed by atoms with Gasteiger partial charge in [-0.1, -0.05) is 18.1 Å². The summed E-state index contributed by atoms with van der Waals surface area (Å²) in [5, 5.41) is 21.2. The van der Waals surface area contributed by atoms with Gasteiger partial charge in [0.25, 0.3) is 0 Å². The van der Waals surface area contributed by atoms with Crippen molar-refractivity contribution in [1.29, 1.82) is 0 Å². The molecule has 3 heterocycles. The van der Waals surface area contributed by atoms with Gasteiger partial charge in [0.1, 0.15) is 17.6 Å². The van der Waals surface area contributed by atoms with Crippen molar-refractivity contribution in [2.24, 2.45) is 0 Å².